The topological polar surface area (TPSA) is 71.1 Å². The van der Waals surface area contributed by atoms with E-state index in [1.165, 1.54) is 6.20 Å². The standard InChI is InChI=1S/C12H21N3O2S2/c1-4-6-14-11-5-7-13-8-12(11)19(16,17)15-10(2)9-18-3/h5,7-8,10,15H,4,6,9H2,1-3H3,(H,13,14). The second-order valence-corrected chi connectivity index (χ2v) is 6.87. The molecule has 0 saturated heterocycles. The number of thioether (sulfide) groups is 1. The molecule has 0 aromatic carbocycles. The molecule has 0 amide bonds. The average Bonchev–Trinajstić information content (AvgIpc) is 2.36. The first kappa shape index (κ1) is 16.3. The smallest absolute Gasteiger partial charge is 0.244 e. The van der Waals surface area contributed by atoms with Crippen molar-refractivity contribution < 1.29 is 8.42 Å². The lowest BCUT2D eigenvalue weighted by Gasteiger charge is -2.15. The minimum absolute atomic E-state index is 0.112. The molecule has 0 aliphatic heterocycles. The van der Waals surface area contributed by atoms with Crippen LogP contribution in [0.5, 0.6) is 0 Å². The predicted octanol–water partition coefficient (Wildman–Crippen LogP) is 1.93. The summed E-state index contributed by atoms with van der Waals surface area (Å²) in [6.07, 6.45) is 5.84. The van der Waals surface area contributed by atoms with Crippen LogP contribution in [0, 0.1) is 0 Å². The summed E-state index contributed by atoms with van der Waals surface area (Å²) in [5, 5.41) is 3.11. The van der Waals surface area contributed by atoms with E-state index in [1.807, 2.05) is 20.1 Å². The number of hydrogen-bond acceptors (Lipinski definition) is 5. The van der Waals surface area contributed by atoms with Gasteiger partial charge in [0.15, 0.2) is 0 Å². The molecule has 1 unspecified atom stereocenters. The van der Waals surface area contributed by atoms with E-state index in [0.717, 1.165) is 18.7 Å². The minimum atomic E-state index is -3.53. The molecule has 5 nitrogen and oxygen atoms in total. The summed E-state index contributed by atoms with van der Waals surface area (Å²) in [5.41, 5.74) is 0.598. The summed E-state index contributed by atoms with van der Waals surface area (Å²) in [6, 6.07) is 1.57. The molecule has 19 heavy (non-hydrogen) atoms. The molecule has 0 saturated carbocycles. The number of anilines is 1. The Hall–Kier alpha value is -0.790. The summed E-state index contributed by atoms with van der Waals surface area (Å²) in [7, 11) is -3.53. The summed E-state index contributed by atoms with van der Waals surface area (Å²) in [6.45, 7) is 4.61. The number of nitrogens with zero attached hydrogens (tertiary/aromatic N) is 1. The van der Waals surface area contributed by atoms with Gasteiger partial charge < -0.3 is 5.32 Å². The third kappa shape index (κ3) is 5.00. The molecule has 1 heterocycles. The fourth-order valence-corrected chi connectivity index (χ4v) is 3.67. The van der Waals surface area contributed by atoms with Crippen LogP contribution in [-0.4, -0.2) is 38.0 Å². The highest BCUT2D eigenvalue weighted by atomic mass is 32.2. The van der Waals surface area contributed by atoms with E-state index in [9.17, 15) is 8.42 Å². The van der Waals surface area contributed by atoms with Crippen LogP contribution in [0.3, 0.4) is 0 Å². The van der Waals surface area contributed by atoms with Gasteiger partial charge in [0.25, 0.3) is 0 Å². The molecule has 7 heteroatoms. The van der Waals surface area contributed by atoms with E-state index in [4.69, 9.17) is 0 Å². The lowest BCUT2D eigenvalue weighted by atomic mass is 10.4. The lowest BCUT2D eigenvalue weighted by molar-refractivity contribution is 0.571. The number of rotatable bonds is 8. The third-order valence-corrected chi connectivity index (χ3v) is 4.86. The van der Waals surface area contributed by atoms with Crippen molar-refractivity contribution in [3.63, 3.8) is 0 Å². The Kier molecular flexibility index (Phi) is 6.60. The Morgan fingerprint density at radius 1 is 1.47 bits per heavy atom. The molecule has 1 atom stereocenters. The molecule has 0 radical (unpaired) electrons. The first-order valence-corrected chi connectivity index (χ1v) is 9.08. The molecule has 1 aromatic rings. The van der Waals surface area contributed by atoms with Gasteiger partial charge in [-0.2, -0.15) is 11.8 Å². The van der Waals surface area contributed by atoms with E-state index in [1.54, 1.807) is 24.0 Å². The van der Waals surface area contributed by atoms with Crippen molar-refractivity contribution in [2.75, 3.05) is 23.9 Å². The Bertz CT molecular complexity index is 492. The van der Waals surface area contributed by atoms with Crippen molar-refractivity contribution in [2.24, 2.45) is 0 Å². The van der Waals surface area contributed by atoms with Crippen LogP contribution in [-0.2, 0) is 10.0 Å². The van der Waals surface area contributed by atoms with Crippen molar-refractivity contribution in [2.45, 2.75) is 31.2 Å². The van der Waals surface area contributed by atoms with Crippen LogP contribution in [0.25, 0.3) is 0 Å². The second-order valence-electron chi connectivity index (χ2n) is 4.28. The maximum atomic E-state index is 12.3. The summed E-state index contributed by atoms with van der Waals surface area (Å²) in [5.74, 6) is 0.733. The molecule has 0 aliphatic rings. The van der Waals surface area contributed by atoms with Crippen molar-refractivity contribution in [3.8, 4) is 0 Å². The van der Waals surface area contributed by atoms with Crippen LogP contribution in [0.1, 0.15) is 20.3 Å². The van der Waals surface area contributed by atoms with Crippen LogP contribution < -0.4 is 10.0 Å². The molecule has 2 N–H and O–H groups in total. The normalized spacial score (nSPS) is 13.2. The molecular formula is C12H21N3O2S2. The van der Waals surface area contributed by atoms with E-state index in [0.29, 0.717) is 5.69 Å². The number of sulfonamides is 1. The van der Waals surface area contributed by atoms with Crippen molar-refractivity contribution in [1.82, 2.24) is 9.71 Å². The van der Waals surface area contributed by atoms with Gasteiger partial charge in [0.1, 0.15) is 4.90 Å². The van der Waals surface area contributed by atoms with Gasteiger partial charge in [0.2, 0.25) is 10.0 Å². The van der Waals surface area contributed by atoms with Gasteiger partial charge in [0, 0.05) is 30.7 Å². The van der Waals surface area contributed by atoms with E-state index in [-0.39, 0.29) is 10.9 Å². The molecule has 0 spiro atoms. The maximum Gasteiger partial charge on any atom is 0.244 e. The zero-order chi connectivity index (χ0) is 14.3. The highest BCUT2D eigenvalue weighted by Crippen LogP contribution is 2.19. The summed E-state index contributed by atoms with van der Waals surface area (Å²) < 4.78 is 27.3. The highest BCUT2D eigenvalue weighted by Gasteiger charge is 2.20. The van der Waals surface area contributed by atoms with Crippen molar-refractivity contribution >= 4 is 27.5 Å². The first-order chi connectivity index (χ1) is 9.01. The molecule has 0 aliphatic carbocycles. The second kappa shape index (κ2) is 7.72. The van der Waals surface area contributed by atoms with Gasteiger partial charge in [-0.3, -0.25) is 4.98 Å². The zero-order valence-corrected chi connectivity index (χ0v) is 13.1. The van der Waals surface area contributed by atoms with Crippen LogP contribution in [0.15, 0.2) is 23.4 Å². The van der Waals surface area contributed by atoms with E-state index < -0.39 is 10.0 Å². The zero-order valence-electron chi connectivity index (χ0n) is 11.5. The Morgan fingerprint density at radius 2 is 2.21 bits per heavy atom. The van der Waals surface area contributed by atoms with Gasteiger partial charge in [-0.1, -0.05) is 6.92 Å². The Balaban J connectivity index is 2.94. The molecular weight excluding hydrogens is 282 g/mol. The molecule has 1 rings (SSSR count). The lowest BCUT2D eigenvalue weighted by Crippen LogP contribution is -2.34. The average molecular weight is 303 g/mol. The fourth-order valence-electron chi connectivity index (χ4n) is 1.61. The third-order valence-electron chi connectivity index (χ3n) is 2.41. The Labute approximate surface area is 119 Å². The number of aromatic nitrogens is 1. The SMILES string of the molecule is CCCNc1ccncc1S(=O)(=O)NC(C)CSC. The number of nitrogens with one attached hydrogen (secondary N) is 2. The van der Waals surface area contributed by atoms with Gasteiger partial charge >= 0.3 is 0 Å². The van der Waals surface area contributed by atoms with Gasteiger partial charge in [-0.15, -0.1) is 0 Å². The number of hydrogen-bond donors (Lipinski definition) is 2. The maximum absolute atomic E-state index is 12.3. The largest absolute Gasteiger partial charge is 0.384 e. The van der Waals surface area contributed by atoms with Gasteiger partial charge in [-0.25, -0.2) is 13.1 Å². The molecule has 0 bridgehead atoms. The number of pyridine rings is 1. The molecule has 0 fully saturated rings. The molecule has 108 valence electrons. The quantitative estimate of drug-likeness (QED) is 0.768. The van der Waals surface area contributed by atoms with Crippen LogP contribution in [0.4, 0.5) is 5.69 Å². The Morgan fingerprint density at radius 3 is 2.84 bits per heavy atom. The summed E-state index contributed by atoms with van der Waals surface area (Å²) >= 11 is 1.61. The monoisotopic (exact) mass is 303 g/mol. The van der Waals surface area contributed by atoms with Gasteiger partial charge in [-0.05, 0) is 25.7 Å². The minimum Gasteiger partial charge on any atom is -0.384 e. The van der Waals surface area contributed by atoms with Crippen molar-refractivity contribution in [3.05, 3.63) is 18.5 Å². The van der Waals surface area contributed by atoms with Gasteiger partial charge in [0.05, 0.1) is 5.69 Å². The highest BCUT2D eigenvalue weighted by molar-refractivity contribution is 7.98. The fraction of sp³-hybridized carbons (Fsp3) is 0.583. The first-order valence-electron chi connectivity index (χ1n) is 6.20. The van der Waals surface area contributed by atoms with E-state index >= 15 is 0 Å². The predicted molar refractivity (Wildman–Crippen MR) is 81.2 cm³/mol. The van der Waals surface area contributed by atoms with E-state index in [2.05, 4.69) is 15.0 Å². The van der Waals surface area contributed by atoms with Crippen molar-refractivity contribution in [1.29, 1.82) is 0 Å². The van der Waals surface area contributed by atoms with Crippen LogP contribution >= 0.6 is 11.8 Å². The van der Waals surface area contributed by atoms with Crippen LogP contribution in [0.2, 0.25) is 0 Å². The molecule has 1 aromatic heterocycles. The summed E-state index contributed by atoms with van der Waals surface area (Å²) in [4.78, 5) is 4.11.